The molecule has 6 nitrogen and oxygen atoms in total. The van der Waals surface area contributed by atoms with Gasteiger partial charge in [0.25, 0.3) is 0 Å². The predicted molar refractivity (Wildman–Crippen MR) is 120 cm³/mol. The third-order valence-corrected chi connectivity index (χ3v) is 7.21. The lowest BCUT2D eigenvalue weighted by Gasteiger charge is -2.33. The molecule has 152 valence electrons. The number of benzene rings is 1. The van der Waals surface area contributed by atoms with E-state index in [1.165, 1.54) is 22.2 Å². The van der Waals surface area contributed by atoms with Gasteiger partial charge in [-0.2, -0.15) is 0 Å². The zero-order valence-electron chi connectivity index (χ0n) is 16.7. The van der Waals surface area contributed by atoms with Gasteiger partial charge >= 0.3 is 0 Å². The quantitative estimate of drug-likeness (QED) is 0.458. The molecule has 0 spiro atoms. The molecule has 1 amide bonds. The van der Waals surface area contributed by atoms with Crippen molar-refractivity contribution in [1.82, 2.24) is 9.97 Å². The van der Waals surface area contributed by atoms with Crippen molar-refractivity contribution in [3.8, 4) is 0 Å². The number of thioether (sulfide) groups is 1. The van der Waals surface area contributed by atoms with Crippen molar-refractivity contribution in [2.24, 2.45) is 0 Å². The van der Waals surface area contributed by atoms with Crippen molar-refractivity contribution in [3.05, 3.63) is 40.3 Å². The van der Waals surface area contributed by atoms with Crippen LogP contribution in [-0.2, 0) is 22.6 Å². The number of rotatable bonds is 5. The highest BCUT2D eigenvalue weighted by molar-refractivity contribution is 7.99. The second-order valence-corrected chi connectivity index (χ2v) is 9.57. The lowest BCUT2D eigenvalue weighted by Crippen LogP contribution is -2.33. The lowest BCUT2D eigenvalue weighted by atomic mass is 9.90. The van der Waals surface area contributed by atoms with Crippen LogP contribution in [0.5, 0.6) is 0 Å². The van der Waals surface area contributed by atoms with Gasteiger partial charge in [-0.3, -0.25) is 4.79 Å². The smallest absolute Gasteiger partial charge is 0.234 e. The van der Waals surface area contributed by atoms with Crippen molar-refractivity contribution in [2.75, 3.05) is 16.8 Å². The Hall–Kier alpha value is -2.16. The lowest BCUT2D eigenvalue weighted by molar-refractivity contribution is -0.113. The highest BCUT2D eigenvalue weighted by Crippen LogP contribution is 2.41. The number of hydrogen-bond acceptors (Lipinski definition) is 7. The van der Waals surface area contributed by atoms with Crippen LogP contribution in [0.25, 0.3) is 10.2 Å². The molecule has 29 heavy (non-hydrogen) atoms. The summed E-state index contributed by atoms with van der Waals surface area (Å²) in [5.74, 6) is 0.606. The van der Waals surface area contributed by atoms with Gasteiger partial charge in [-0.05, 0) is 38.0 Å². The number of aryl methyl sites for hydroxylation is 1. The summed E-state index contributed by atoms with van der Waals surface area (Å²) in [6.07, 6.45) is 1.76. The van der Waals surface area contributed by atoms with Crippen LogP contribution in [0.15, 0.2) is 29.4 Å². The normalized spacial score (nSPS) is 18.6. The number of ether oxygens (including phenoxy) is 1. The van der Waals surface area contributed by atoms with Gasteiger partial charge < -0.3 is 15.8 Å². The van der Waals surface area contributed by atoms with Crippen LogP contribution in [0.3, 0.4) is 0 Å². The molecule has 4 rings (SSSR count). The maximum atomic E-state index is 12.3. The Bertz CT molecular complexity index is 1060. The molecule has 3 N–H and O–H groups in total. The van der Waals surface area contributed by atoms with E-state index in [4.69, 9.17) is 10.5 Å². The average molecular weight is 429 g/mol. The first kappa shape index (κ1) is 20.1. The molecule has 0 saturated heterocycles. The van der Waals surface area contributed by atoms with E-state index in [9.17, 15) is 4.79 Å². The van der Waals surface area contributed by atoms with Gasteiger partial charge in [0.15, 0.2) is 5.16 Å². The summed E-state index contributed by atoms with van der Waals surface area (Å²) in [7, 11) is 0. The molecule has 0 aliphatic carbocycles. The minimum Gasteiger partial charge on any atom is -0.383 e. The Labute approximate surface area is 178 Å². The largest absolute Gasteiger partial charge is 0.383 e. The van der Waals surface area contributed by atoms with Crippen LogP contribution < -0.4 is 11.1 Å². The number of amides is 1. The Balaban J connectivity index is 1.49. The van der Waals surface area contributed by atoms with E-state index in [1.807, 2.05) is 31.2 Å². The Kier molecular flexibility index (Phi) is 5.50. The summed E-state index contributed by atoms with van der Waals surface area (Å²) in [6.45, 7) is 6.86. The zero-order chi connectivity index (χ0) is 20.6. The van der Waals surface area contributed by atoms with E-state index in [1.54, 1.807) is 11.3 Å². The third kappa shape index (κ3) is 4.24. The van der Waals surface area contributed by atoms with Gasteiger partial charge in [-0.25, -0.2) is 9.97 Å². The fourth-order valence-electron chi connectivity index (χ4n) is 3.34. The highest BCUT2D eigenvalue weighted by atomic mass is 32.2. The number of nitrogen functional groups attached to an aromatic ring is 1. The Morgan fingerprint density at radius 1 is 1.34 bits per heavy atom. The van der Waals surface area contributed by atoms with Gasteiger partial charge in [0.05, 0.1) is 23.3 Å². The fraction of sp³-hybridized carbons (Fsp3) is 0.381. The number of thiophene rings is 1. The number of carbonyl (C=O) groups excluding carboxylic acids is 1. The first-order valence-electron chi connectivity index (χ1n) is 9.58. The second kappa shape index (κ2) is 7.93. The predicted octanol–water partition coefficient (Wildman–Crippen LogP) is 4.55. The monoisotopic (exact) mass is 428 g/mol. The first-order valence-corrected chi connectivity index (χ1v) is 11.4. The van der Waals surface area contributed by atoms with Crippen molar-refractivity contribution in [2.45, 2.75) is 51.0 Å². The molecule has 1 aliphatic heterocycles. The Morgan fingerprint density at radius 2 is 2.10 bits per heavy atom. The number of nitrogens with zero attached hydrogens (tertiary/aromatic N) is 2. The molecule has 1 aliphatic rings. The first-order chi connectivity index (χ1) is 13.9. The van der Waals surface area contributed by atoms with Gasteiger partial charge in [0, 0.05) is 17.0 Å². The minimum absolute atomic E-state index is 0.0984. The molecule has 0 saturated carbocycles. The molecule has 0 radical (unpaired) electrons. The van der Waals surface area contributed by atoms with E-state index >= 15 is 0 Å². The summed E-state index contributed by atoms with van der Waals surface area (Å²) in [6, 6.07) is 7.71. The van der Waals surface area contributed by atoms with E-state index in [-0.39, 0.29) is 17.3 Å². The maximum Gasteiger partial charge on any atom is 0.234 e. The molecule has 0 unspecified atom stereocenters. The second-order valence-electron chi connectivity index (χ2n) is 7.55. The zero-order valence-corrected chi connectivity index (χ0v) is 18.4. The number of nitrogens with one attached hydrogen (secondary N) is 1. The highest BCUT2D eigenvalue weighted by Gasteiger charge is 2.33. The van der Waals surface area contributed by atoms with Crippen molar-refractivity contribution in [1.29, 1.82) is 0 Å². The summed E-state index contributed by atoms with van der Waals surface area (Å²) in [5.41, 5.74) is 9.27. The number of nitrogens with two attached hydrogens (primary N) is 1. The van der Waals surface area contributed by atoms with Crippen LogP contribution in [0.1, 0.15) is 36.3 Å². The van der Waals surface area contributed by atoms with Gasteiger partial charge in [0.1, 0.15) is 10.6 Å². The summed E-state index contributed by atoms with van der Waals surface area (Å²) < 4.78 is 6.05. The van der Waals surface area contributed by atoms with E-state index in [0.717, 1.165) is 34.3 Å². The van der Waals surface area contributed by atoms with Crippen molar-refractivity contribution >= 4 is 50.7 Å². The molecule has 1 atom stereocenters. The van der Waals surface area contributed by atoms with Crippen molar-refractivity contribution in [3.63, 3.8) is 0 Å². The van der Waals surface area contributed by atoms with E-state index in [0.29, 0.717) is 17.6 Å². The number of carbonyl (C=O) groups is 1. The Morgan fingerprint density at radius 3 is 2.83 bits per heavy atom. The third-order valence-electron chi connectivity index (χ3n) is 5.26. The molecular weight excluding hydrogens is 404 g/mol. The summed E-state index contributed by atoms with van der Waals surface area (Å²) in [4.78, 5) is 23.4. The van der Waals surface area contributed by atoms with Crippen LogP contribution in [0.2, 0.25) is 0 Å². The molecule has 0 fully saturated rings. The molecule has 2 aromatic heterocycles. The average Bonchev–Trinajstić information content (AvgIpc) is 3.06. The van der Waals surface area contributed by atoms with Gasteiger partial charge in [0.2, 0.25) is 5.91 Å². The standard InChI is InChI=1S/C21H24N4O2S2/c1-4-21(3)9-14-15(10-27-21)29-19-17(14)18(22)24-20(25-19)28-11-16(26)23-13-7-5-12(2)6-8-13/h5-8H,4,9-11H2,1-3H3,(H,23,26)(H2,22,24,25)/t21-/m0/s1. The maximum absolute atomic E-state index is 12.3. The van der Waals surface area contributed by atoms with Crippen LogP contribution in [0.4, 0.5) is 11.5 Å². The summed E-state index contributed by atoms with van der Waals surface area (Å²) in [5, 5.41) is 4.35. The number of aromatic nitrogens is 2. The van der Waals surface area contributed by atoms with Crippen LogP contribution in [0, 0.1) is 6.92 Å². The topological polar surface area (TPSA) is 90.1 Å². The minimum atomic E-state index is -0.172. The van der Waals surface area contributed by atoms with Crippen LogP contribution >= 0.6 is 23.1 Å². The number of hydrogen-bond donors (Lipinski definition) is 2. The molecular formula is C21H24N4O2S2. The van der Waals surface area contributed by atoms with E-state index in [2.05, 4.69) is 29.1 Å². The molecule has 3 heterocycles. The van der Waals surface area contributed by atoms with E-state index < -0.39 is 0 Å². The number of fused-ring (bicyclic) bond motifs is 3. The molecule has 1 aromatic carbocycles. The summed E-state index contributed by atoms with van der Waals surface area (Å²) >= 11 is 2.90. The van der Waals surface area contributed by atoms with Crippen LogP contribution in [-0.4, -0.2) is 27.2 Å². The SMILES string of the molecule is CC[C@@]1(C)Cc2c(sc3nc(SCC(=O)Nc4ccc(C)cc4)nc(N)c23)CO1. The number of anilines is 2. The molecule has 8 heteroatoms. The van der Waals surface area contributed by atoms with Gasteiger partial charge in [-0.15, -0.1) is 11.3 Å². The van der Waals surface area contributed by atoms with Gasteiger partial charge in [-0.1, -0.05) is 36.4 Å². The van der Waals surface area contributed by atoms with Crippen molar-refractivity contribution < 1.29 is 9.53 Å². The molecule has 0 bridgehead atoms. The molecule has 3 aromatic rings. The fourth-order valence-corrected chi connectivity index (χ4v) is 5.15.